The number of hydrogen-bond acceptors (Lipinski definition) is 6. The lowest BCUT2D eigenvalue weighted by Crippen LogP contribution is -2.20. The van der Waals surface area contributed by atoms with Crippen molar-refractivity contribution < 1.29 is 19.1 Å². The maximum Gasteiger partial charge on any atom is 0.306 e. The van der Waals surface area contributed by atoms with Crippen molar-refractivity contribution in [2.24, 2.45) is 0 Å². The molecule has 0 aliphatic heterocycles. The van der Waals surface area contributed by atoms with Gasteiger partial charge >= 0.3 is 5.97 Å². The first-order valence-electron chi connectivity index (χ1n) is 9.08. The van der Waals surface area contributed by atoms with Crippen LogP contribution in [0.3, 0.4) is 0 Å². The summed E-state index contributed by atoms with van der Waals surface area (Å²) < 4.78 is 11.3. The summed E-state index contributed by atoms with van der Waals surface area (Å²) in [5, 5.41) is 3.75. The number of rotatable bonds is 9. The van der Waals surface area contributed by atoms with Crippen molar-refractivity contribution in [3.05, 3.63) is 53.5 Å². The molecule has 0 bridgehead atoms. The fourth-order valence-electron chi connectivity index (χ4n) is 2.69. The van der Waals surface area contributed by atoms with Gasteiger partial charge in [-0.3, -0.25) is 9.59 Å². The number of carbonyl (C=O) groups excluding carboxylic acids is 2. The summed E-state index contributed by atoms with van der Waals surface area (Å²) in [6.07, 6.45) is 2.68. The Hall–Kier alpha value is -2.93. The molecule has 28 heavy (non-hydrogen) atoms. The van der Waals surface area contributed by atoms with E-state index in [4.69, 9.17) is 9.47 Å². The Bertz CT molecular complexity index is 921. The van der Waals surface area contributed by atoms with Crippen LogP contribution in [0.4, 0.5) is 5.69 Å². The van der Waals surface area contributed by atoms with Crippen molar-refractivity contribution in [2.75, 3.05) is 19.0 Å². The molecule has 0 radical (unpaired) electrons. The number of anilines is 1. The highest BCUT2D eigenvalue weighted by Crippen LogP contribution is 2.23. The molecule has 1 heterocycles. The number of fused-ring (bicyclic) bond motifs is 1. The monoisotopic (exact) mass is 398 g/mol. The minimum atomic E-state index is -0.379. The smallest absolute Gasteiger partial charge is 0.306 e. The first-order valence-corrected chi connectivity index (χ1v) is 9.89. The number of hydrogen-bond donors (Lipinski definition) is 1. The van der Waals surface area contributed by atoms with Gasteiger partial charge in [0.1, 0.15) is 5.75 Å². The zero-order chi connectivity index (χ0) is 19.8. The molecule has 7 heteroatoms. The van der Waals surface area contributed by atoms with Crippen LogP contribution in [0, 0.1) is 0 Å². The number of thiazole rings is 1. The SMILES string of the molecule is COc1cccc(NC(=O)COC(=O)CCCCc2nc3ccccc3s2)c1. The average Bonchev–Trinajstić information content (AvgIpc) is 3.12. The van der Waals surface area contributed by atoms with Crippen LogP contribution in [0.2, 0.25) is 0 Å². The number of unbranched alkanes of at least 4 members (excludes halogenated alkanes) is 1. The van der Waals surface area contributed by atoms with Crippen LogP contribution in [-0.2, 0) is 20.7 Å². The fourth-order valence-corrected chi connectivity index (χ4v) is 3.70. The summed E-state index contributed by atoms with van der Waals surface area (Å²) in [5.41, 5.74) is 1.61. The molecule has 0 aliphatic rings. The molecule has 0 spiro atoms. The van der Waals surface area contributed by atoms with E-state index in [2.05, 4.69) is 16.4 Å². The van der Waals surface area contributed by atoms with Crippen molar-refractivity contribution in [2.45, 2.75) is 25.7 Å². The van der Waals surface area contributed by atoms with Gasteiger partial charge in [-0.1, -0.05) is 18.2 Å². The lowest BCUT2D eigenvalue weighted by molar-refractivity contribution is -0.147. The van der Waals surface area contributed by atoms with Gasteiger partial charge in [-0.15, -0.1) is 11.3 Å². The Labute approximate surface area is 167 Å². The Balaban J connectivity index is 1.33. The summed E-state index contributed by atoms with van der Waals surface area (Å²) in [6.45, 7) is -0.298. The van der Waals surface area contributed by atoms with Crippen molar-refractivity contribution >= 4 is 39.1 Å². The molecule has 1 aromatic heterocycles. The highest BCUT2D eigenvalue weighted by Gasteiger charge is 2.09. The van der Waals surface area contributed by atoms with Crippen molar-refractivity contribution in [3.63, 3.8) is 0 Å². The quantitative estimate of drug-likeness (QED) is 0.432. The van der Waals surface area contributed by atoms with E-state index in [1.54, 1.807) is 42.7 Å². The van der Waals surface area contributed by atoms with E-state index in [9.17, 15) is 9.59 Å². The Morgan fingerprint density at radius 2 is 1.96 bits per heavy atom. The number of para-hydroxylation sites is 1. The Kier molecular flexibility index (Phi) is 6.97. The minimum Gasteiger partial charge on any atom is -0.497 e. The molecule has 3 aromatic rings. The van der Waals surface area contributed by atoms with Crippen LogP contribution < -0.4 is 10.1 Å². The van der Waals surface area contributed by atoms with Gasteiger partial charge < -0.3 is 14.8 Å². The number of esters is 1. The number of nitrogens with zero attached hydrogens (tertiary/aromatic N) is 1. The van der Waals surface area contributed by atoms with E-state index in [0.717, 1.165) is 23.4 Å². The van der Waals surface area contributed by atoms with Gasteiger partial charge in [0.15, 0.2) is 6.61 Å². The van der Waals surface area contributed by atoms with Gasteiger partial charge in [0.25, 0.3) is 5.91 Å². The van der Waals surface area contributed by atoms with Crippen molar-refractivity contribution in [3.8, 4) is 5.75 Å². The van der Waals surface area contributed by atoms with Crippen molar-refractivity contribution in [1.82, 2.24) is 4.98 Å². The van der Waals surface area contributed by atoms with Crippen molar-refractivity contribution in [1.29, 1.82) is 0 Å². The number of benzene rings is 2. The van der Waals surface area contributed by atoms with Crippen LogP contribution in [-0.4, -0.2) is 30.6 Å². The molecule has 0 unspecified atom stereocenters. The van der Waals surface area contributed by atoms with E-state index >= 15 is 0 Å². The number of ether oxygens (including phenoxy) is 2. The zero-order valence-electron chi connectivity index (χ0n) is 15.6. The second kappa shape index (κ2) is 9.85. The van der Waals surface area contributed by atoms with Gasteiger partial charge in [-0.25, -0.2) is 4.98 Å². The number of methoxy groups -OCH3 is 1. The number of aromatic nitrogens is 1. The van der Waals surface area contributed by atoms with E-state index in [0.29, 0.717) is 17.9 Å². The van der Waals surface area contributed by atoms with Gasteiger partial charge in [-0.2, -0.15) is 0 Å². The summed E-state index contributed by atoms with van der Waals surface area (Å²) in [7, 11) is 1.56. The molecule has 2 aromatic carbocycles. The van der Waals surface area contributed by atoms with Crippen LogP contribution in [0.5, 0.6) is 5.75 Å². The van der Waals surface area contributed by atoms with E-state index in [-0.39, 0.29) is 24.9 Å². The molecule has 0 aliphatic carbocycles. The van der Waals surface area contributed by atoms with Crippen LogP contribution >= 0.6 is 11.3 Å². The molecule has 6 nitrogen and oxygen atoms in total. The average molecular weight is 398 g/mol. The number of nitrogens with one attached hydrogen (secondary N) is 1. The van der Waals surface area contributed by atoms with E-state index in [1.807, 2.05) is 18.2 Å². The van der Waals surface area contributed by atoms with Gasteiger partial charge in [0.05, 0.1) is 22.3 Å². The highest BCUT2D eigenvalue weighted by atomic mass is 32.1. The molecule has 3 rings (SSSR count). The maximum absolute atomic E-state index is 11.9. The predicted molar refractivity (Wildman–Crippen MR) is 110 cm³/mol. The van der Waals surface area contributed by atoms with E-state index in [1.165, 1.54) is 4.70 Å². The summed E-state index contributed by atoms with van der Waals surface area (Å²) in [5.74, 6) is -0.107. The van der Waals surface area contributed by atoms with E-state index < -0.39 is 0 Å². The van der Waals surface area contributed by atoms with Gasteiger partial charge in [0, 0.05) is 18.2 Å². The largest absolute Gasteiger partial charge is 0.497 e. The second-order valence-electron chi connectivity index (χ2n) is 6.22. The molecule has 0 atom stereocenters. The minimum absolute atomic E-state index is 0.289. The lowest BCUT2D eigenvalue weighted by Gasteiger charge is -2.07. The molecular weight excluding hydrogens is 376 g/mol. The number of amides is 1. The van der Waals surface area contributed by atoms with Crippen LogP contribution in [0.25, 0.3) is 10.2 Å². The molecule has 1 N–H and O–H groups in total. The Morgan fingerprint density at radius 3 is 2.79 bits per heavy atom. The maximum atomic E-state index is 11.9. The third kappa shape index (κ3) is 5.79. The molecule has 0 saturated carbocycles. The standard InChI is InChI=1S/C21H22N2O4S/c1-26-16-8-6-7-15(13-16)22-19(24)14-27-21(25)12-5-4-11-20-23-17-9-2-3-10-18(17)28-20/h2-3,6-10,13H,4-5,11-12,14H2,1H3,(H,22,24). The van der Waals surface area contributed by atoms with Crippen LogP contribution in [0.1, 0.15) is 24.3 Å². The third-order valence-corrected chi connectivity index (χ3v) is 5.17. The molecule has 0 saturated heterocycles. The summed E-state index contributed by atoms with van der Waals surface area (Å²) in [6, 6.07) is 15.0. The van der Waals surface area contributed by atoms with Gasteiger partial charge in [-0.05, 0) is 43.5 Å². The predicted octanol–water partition coefficient (Wildman–Crippen LogP) is 4.20. The second-order valence-corrected chi connectivity index (χ2v) is 7.34. The first kappa shape index (κ1) is 19.8. The topological polar surface area (TPSA) is 77.5 Å². The number of aryl methyl sites for hydroxylation is 1. The van der Waals surface area contributed by atoms with Crippen LogP contribution in [0.15, 0.2) is 48.5 Å². The molecule has 0 fully saturated rings. The molecular formula is C21H22N2O4S. The third-order valence-electron chi connectivity index (χ3n) is 4.08. The normalized spacial score (nSPS) is 10.6. The fraction of sp³-hybridized carbons (Fsp3) is 0.286. The Morgan fingerprint density at radius 1 is 1.11 bits per heavy atom. The molecule has 1 amide bonds. The zero-order valence-corrected chi connectivity index (χ0v) is 16.5. The summed E-state index contributed by atoms with van der Waals surface area (Å²) >= 11 is 1.68. The highest BCUT2D eigenvalue weighted by molar-refractivity contribution is 7.18. The molecule has 146 valence electrons. The lowest BCUT2D eigenvalue weighted by atomic mass is 10.2. The van der Waals surface area contributed by atoms with Gasteiger partial charge in [0.2, 0.25) is 0 Å². The summed E-state index contributed by atoms with van der Waals surface area (Å²) in [4.78, 5) is 28.3. The number of carbonyl (C=O) groups is 2. The first-order chi connectivity index (χ1) is 13.6.